The van der Waals surface area contributed by atoms with Crippen molar-refractivity contribution in [2.45, 2.75) is 27.3 Å². The van der Waals surface area contributed by atoms with Crippen molar-refractivity contribution in [2.75, 3.05) is 11.9 Å². The van der Waals surface area contributed by atoms with Gasteiger partial charge in [0.1, 0.15) is 21.0 Å². The van der Waals surface area contributed by atoms with Crippen LogP contribution in [0.25, 0.3) is 11.8 Å². The Morgan fingerprint density at radius 1 is 1.46 bits per heavy atom. The molecule has 1 heterocycles. The first-order valence-corrected chi connectivity index (χ1v) is 8.82. The van der Waals surface area contributed by atoms with Crippen LogP contribution in [-0.4, -0.2) is 22.2 Å². The van der Waals surface area contributed by atoms with Crippen LogP contribution in [0.2, 0.25) is 0 Å². The molecule has 0 fully saturated rings. The van der Waals surface area contributed by atoms with Gasteiger partial charge >= 0.3 is 5.97 Å². The molecule has 0 aliphatic carbocycles. The maximum absolute atomic E-state index is 12.6. The highest BCUT2D eigenvalue weighted by molar-refractivity contribution is 7.07. The number of nitrogens with zero attached hydrogens (tertiary/aromatic N) is 2. The average Bonchev–Trinajstić information content (AvgIpc) is 2.92. The zero-order valence-electron chi connectivity index (χ0n) is 14.7. The number of nitrogens with one attached hydrogen (secondary N) is 1. The third-order valence-corrected chi connectivity index (χ3v) is 4.73. The molecule has 0 saturated heterocycles. The first-order chi connectivity index (χ1) is 12.4. The van der Waals surface area contributed by atoms with E-state index in [1.54, 1.807) is 39.0 Å². The Balaban J connectivity index is 2.56. The van der Waals surface area contributed by atoms with Crippen molar-refractivity contribution in [3.8, 4) is 11.8 Å². The minimum absolute atomic E-state index is 0.145. The maximum Gasteiger partial charge on any atom is 0.351 e. The van der Waals surface area contributed by atoms with Crippen molar-refractivity contribution < 1.29 is 14.6 Å². The SMILES string of the molecule is CCOC(=O)/C(C#N)=c1/s/c(=C/Nc2ccc(O)c(C)c2)c(=O)n1CC. The Hall–Kier alpha value is -3.05. The smallest absolute Gasteiger partial charge is 0.351 e. The lowest BCUT2D eigenvalue weighted by Gasteiger charge is -2.03. The molecule has 2 rings (SSSR count). The van der Waals surface area contributed by atoms with Gasteiger partial charge in [-0.2, -0.15) is 5.26 Å². The van der Waals surface area contributed by atoms with Crippen LogP contribution in [0.15, 0.2) is 23.0 Å². The largest absolute Gasteiger partial charge is 0.508 e. The quantitative estimate of drug-likeness (QED) is 0.599. The highest BCUT2D eigenvalue weighted by Gasteiger charge is 2.16. The fourth-order valence-corrected chi connectivity index (χ4v) is 3.35. The predicted octanol–water partition coefficient (Wildman–Crippen LogP) is 1.03. The topological polar surface area (TPSA) is 104 Å². The van der Waals surface area contributed by atoms with Gasteiger partial charge in [0.2, 0.25) is 0 Å². The number of rotatable bonds is 5. The number of hydrogen-bond acceptors (Lipinski definition) is 7. The molecule has 0 aliphatic rings. The van der Waals surface area contributed by atoms with Crippen LogP contribution < -0.4 is 20.1 Å². The molecule has 7 nitrogen and oxygen atoms in total. The molecular formula is C18H19N3O4S. The van der Waals surface area contributed by atoms with Gasteiger partial charge in [-0.15, -0.1) is 11.3 Å². The van der Waals surface area contributed by atoms with E-state index in [0.717, 1.165) is 11.3 Å². The van der Waals surface area contributed by atoms with E-state index < -0.39 is 5.97 Å². The summed E-state index contributed by atoms with van der Waals surface area (Å²) in [6.07, 6.45) is 1.52. The average molecular weight is 373 g/mol. The van der Waals surface area contributed by atoms with Gasteiger partial charge in [-0.05, 0) is 44.5 Å². The van der Waals surface area contributed by atoms with Crippen molar-refractivity contribution in [3.63, 3.8) is 0 Å². The van der Waals surface area contributed by atoms with Gasteiger partial charge in [0, 0.05) is 18.4 Å². The number of nitriles is 1. The number of aryl methyl sites for hydroxylation is 1. The summed E-state index contributed by atoms with van der Waals surface area (Å²) in [7, 11) is 0. The number of ether oxygens (including phenoxy) is 1. The third-order valence-electron chi connectivity index (χ3n) is 3.60. The molecule has 0 unspecified atom stereocenters. The summed E-state index contributed by atoms with van der Waals surface area (Å²) < 4.78 is 6.89. The fraction of sp³-hybridized carbons (Fsp3) is 0.278. The zero-order chi connectivity index (χ0) is 19.3. The third kappa shape index (κ3) is 3.95. The van der Waals surface area contributed by atoms with E-state index >= 15 is 0 Å². The number of thiazole rings is 1. The summed E-state index contributed by atoms with van der Waals surface area (Å²) in [5.74, 6) is -0.558. The molecule has 1 aromatic carbocycles. The summed E-state index contributed by atoms with van der Waals surface area (Å²) in [5.41, 5.74) is 0.916. The highest BCUT2D eigenvalue weighted by Crippen LogP contribution is 2.19. The van der Waals surface area contributed by atoms with Crippen LogP contribution in [0.3, 0.4) is 0 Å². The lowest BCUT2D eigenvalue weighted by Crippen LogP contribution is -2.32. The molecule has 0 saturated carbocycles. The van der Waals surface area contributed by atoms with E-state index in [1.807, 2.05) is 6.07 Å². The fourth-order valence-electron chi connectivity index (χ4n) is 2.27. The summed E-state index contributed by atoms with van der Waals surface area (Å²) in [6.45, 7) is 5.64. The zero-order valence-corrected chi connectivity index (χ0v) is 15.5. The number of benzene rings is 1. The van der Waals surface area contributed by atoms with Crippen LogP contribution in [0.1, 0.15) is 19.4 Å². The standard InChI is InChI=1S/C18H19N3O4S/c1-4-21-16(23)15(10-20-12-6-7-14(22)11(3)8-12)26-17(21)13(9-19)18(24)25-5-2/h6-8,10,20,22H,4-5H2,1-3H3/b15-10+,17-13+. The molecular weight excluding hydrogens is 354 g/mol. The van der Waals surface area contributed by atoms with Crippen LogP contribution in [0.4, 0.5) is 5.69 Å². The Labute approximate surface area is 154 Å². The van der Waals surface area contributed by atoms with E-state index in [4.69, 9.17) is 4.74 Å². The minimum Gasteiger partial charge on any atom is -0.508 e. The summed E-state index contributed by atoms with van der Waals surface area (Å²) in [4.78, 5) is 24.5. The van der Waals surface area contributed by atoms with E-state index in [9.17, 15) is 20.0 Å². The number of anilines is 1. The van der Waals surface area contributed by atoms with E-state index in [2.05, 4.69) is 5.32 Å². The molecule has 0 atom stereocenters. The first kappa shape index (κ1) is 19.3. The second-order valence-electron chi connectivity index (χ2n) is 5.32. The Bertz CT molecular complexity index is 1040. The van der Waals surface area contributed by atoms with Crippen LogP contribution in [0, 0.1) is 18.3 Å². The minimum atomic E-state index is -0.743. The molecule has 0 radical (unpaired) electrons. The van der Waals surface area contributed by atoms with Gasteiger partial charge in [0.15, 0.2) is 5.57 Å². The van der Waals surface area contributed by atoms with Gasteiger partial charge in [-0.3, -0.25) is 9.36 Å². The van der Waals surface area contributed by atoms with Gasteiger partial charge < -0.3 is 15.2 Å². The molecule has 0 aliphatic heterocycles. The van der Waals surface area contributed by atoms with E-state index in [-0.39, 0.29) is 28.2 Å². The molecule has 0 bridgehead atoms. The van der Waals surface area contributed by atoms with Crippen molar-refractivity contribution in [3.05, 3.63) is 43.3 Å². The van der Waals surface area contributed by atoms with Crippen LogP contribution in [0.5, 0.6) is 5.75 Å². The Kier molecular flexibility index (Phi) is 6.20. The number of carbonyl (C=O) groups is 1. The van der Waals surface area contributed by atoms with Crippen molar-refractivity contribution in [2.24, 2.45) is 0 Å². The predicted molar refractivity (Wildman–Crippen MR) is 100 cm³/mol. The molecule has 0 amide bonds. The van der Waals surface area contributed by atoms with Gasteiger partial charge in [-0.1, -0.05) is 0 Å². The summed E-state index contributed by atoms with van der Waals surface area (Å²) in [6, 6.07) is 6.81. The molecule has 8 heteroatoms. The molecule has 2 N–H and O–H groups in total. The number of phenolic OH excluding ortho intramolecular Hbond substituents is 1. The van der Waals surface area contributed by atoms with Crippen molar-refractivity contribution >= 4 is 34.8 Å². The van der Waals surface area contributed by atoms with E-state index in [0.29, 0.717) is 22.3 Å². The van der Waals surface area contributed by atoms with Crippen molar-refractivity contribution in [1.82, 2.24) is 4.57 Å². The maximum atomic E-state index is 12.6. The van der Waals surface area contributed by atoms with Gasteiger partial charge in [-0.25, -0.2) is 4.79 Å². The number of aromatic nitrogens is 1. The molecule has 1 aromatic heterocycles. The van der Waals surface area contributed by atoms with Gasteiger partial charge in [0.05, 0.1) is 6.61 Å². The van der Waals surface area contributed by atoms with Crippen LogP contribution in [-0.2, 0) is 16.1 Å². The van der Waals surface area contributed by atoms with Crippen LogP contribution >= 0.6 is 11.3 Å². The van der Waals surface area contributed by atoms with E-state index in [1.165, 1.54) is 10.8 Å². The first-order valence-electron chi connectivity index (χ1n) is 8.00. The monoisotopic (exact) mass is 373 g/mol. The highest BCUT2D eigenvalue weighted by atomic mass is 32.1. The Morgan fingerprint density at radius 3 is 2.77 bits per heavy atom. The summed E-state index contributed by atoms with van der Waals surface area (Å²) >= 11 is 1.05. The number of carbonyl (C=O) groups excluding carboxylic acids is 1. The molecule has 2 aromatic rings. The summed E-state index contributed by atoms with van der Waals surface area (Å²) in [5, 5.41) is 21.9. The lowest BCUT2D eigenvalue weighted by atomic mass is 10.2. The number of esters is 1. The number of hydrogen-bond donors (Lipinski definition) is 2. The number of phenols is 1. The normalized spacial score (nSPS) is 12.5. The molecule has 0 spiro atoms. The second kappa shape index (κ2) is 8.36. The number of aromatic hydroxyl groups is 1. The molecule has 136 valence electrons. The second-order valence-corrected chi connectivity index (χ2v) is 6.35. The van der Waals surface area contributed by atoms with Gasteiger partial charge in [0.25, 0.3) is 5.56 Å². The lowest BCUT2D eigenvalue weighted by molar-refractivity contribution is -0.136. The molecule has 26 heavy (non-hydrogen) atoms. The Morgan fingerprint density at radius 2 is 2.19 bits per heavy atom. The van der Waals surface area contributed by atoms with Crippen molar-refractivity contribution in [1.29, 1.82) is 5.26 Å².